The summed E-state index contributed by atoms with van der Waals surface area (Å²) in [4.78, 5) is 31.4. The van der Waals surface area contributed by atoms with Crippen LogP contribution < -0.4 is 15.5 Å². The minimum Gasteiger partial charge on any atom is -0.356 e. The second-order valence-corrected chi connectivity index (χ2v) is 9.13. The predicted octanol–water partition coefficient (Wildman–Crippen LogP) is 4.66. The van der Waals surface area contributed by atoms with Crippen molar-refractivity contribution in [1.82, 2.24) is 10.3 Å². The molecule has 0 saturated carbocycles. The Bertz CT molecular complexity index is 917. The van der Waals surface area contributed by atoms with Gasteiger partial charge in [-0.3, -0.25) is 9.59 Å². The Hall–Kier alpha value is -2.63. The highest BCUT2D eigenvalue weighted by Crippen LogP contribution is 2.29. The summed E-state index contributed by atoms with van der Waals surface area (Å²) >= 11 is 0. The number of nitrogens with one attached hydrogen (secondary N) is 2. The summed E-state index contributed by atoms with van der Waals surface area (Å²) < 4.78 is 0. The van der Waals surface area contributed by atoms with Crippen LogP contribution in [0.3, 0.4) is 0 Å². The normalized spacial score (nSPS) is 18.8. The first-order valence-corrected chi connectivity index (χ1v) is 11.6. The van der Waals surface area contributed by atoms with Gasteiger partial charge in [0.1, 0.15) is 5.82 Å². The maximum absolute atomic E-state index is 12.3. The third-order valence-corrected chi connectivity index (χ3v) is 5.91. The van der Waals surface area contributed by atoms with Crippen LogP contribution in [0.1, 0.15) is 58.4 Å². The summed E-state index contributed by atoms with van der Waals surface area (Å²) in [5.74, 6) is 2.16. The van der Waals surface area contributed by atoms with Gasteiger partial charge in [-0.25, -0.2) is 4.98 Å². The molecule has 1 fully saturated rings. The molecule has 2 aromatic rings. The van der Waals surface area contributed by atoms with E-state index in [1.807, 2.05) is 18.2 Å². The molecule has 0 spiro atoms. The van der Waals surface area contributed by atoms with E-state index in [9.17, 15) is 9.59 Å². The number of carbonyl (C=O) groups is 2. The fourth-order valence-corrected chi connectivity index (χ4v) is 4.41. The summed E-state index contributed by atoms with van der Waals surface area (Å²) in [6, 6.07) is 7.98. The number of benzene rings is 1. The number of fused-ring (bicyclic) bond motifs is 1. The molecule has 31 heavy (non-hydrogen) atoms. The SMILES string of the molecule is CCCCNC(=O)CCC(=O)Nc1ccc2nc(N3C[C@H](C)C[C@@H](C)C3)cc(C)c2c1. The van der Waals surface area contributed by atoms with Gasteiger partial charge in [0.25, 0.3) is 0 Å². The lowest BCUT2D eigenvalue weighted by molar-refractivity contribution is -0.124. The second-order valence-electron chi connectivity index (χ2n) is 9.13. The minimum atomic E-state index is -0.150. The highest BCUT2D eigenvalue weighted by Gasteiger charge is 2.23. The van der Waals surface area contributed by atoms with E-state index in [1.165, 1.54) is 6.42 Å². The highest BCUT2D eigenvalue weighted by atomic mass is 16.2. The number of hydrogen-bond acceptors (Lipinski definition) is 4. The number of amides is 2. The molecule has 1 aliphatic rings. The number of unbranched alkanes of at least 4 members (excludes halogenated alkanes) is 1. The molecule has 0 aliphatic carbocycles. The largest absolute Gasteiger partial charge is 0.356 e. The van der Waals surface area contributed by atoms with Crippen LogP contribution >= 0.6 is 0 Å². The molecule has 2 atom stereocenters. The van der Waals surface area contributed by atoms with Crippen LogP contribution in [0.25, 0.3) is 10.9 Å². The summed E-state index contributed by atoms with van der Waals surface area (Å²) in [7, 11) is 0. The van der Waals surface area contributed by atoms with Gasteiger partial charge < -0.3 is 15.5 Å². The number of pyridine rings is 1. The molecule has 2 amide bonds. The van der Waals surface area contributed by atoms with E-state index in [1.54, 1.807) is 0 Å². The van der Waals surface area contributed by atoms with Crippen molar-refractivity contribution >= 4 is 34.2 Å². The molecule has 1 aromatic heterocycles. The summed E-state index contributed by atoms with van der Waals surface area (Å²) in [5, 5.41) is 6.80. The maximum atomic E-state index is 12.3. The lowest BCUT2D eigenvalue weighted by Crippen LogP contribution is -2.39. The molecular formula is C25H36N4O2. The summed E-state index contributed by atoms with van der Waals surface area (Å²) in [6.45, 7) is 11.5. The molecular weight excluding hydrogens is 388 g/mol. The van der Waals surface area contributed by atoms with Crippen molar-refractivity contribution < 1.29 is 9.59 Å². The van der Waals surface area contributed by atoms with Crippen LogP contribution in [-0.4, -0.2) is 36.4 Å². The first kappa shape index (κ1) is 23.0. The van der Waals surface area contributed by atoms with Gasteiger partial charge in [-0.2, -0.15) is 0 Å². The van der Waals surface area contributed by atoms with E-state index < -0.39 is 0 Å². The van der Waals surface area contributed by atoms with E-state index in [0.717, 1.165) is 53.9 Å². The quantitative estimate of drug-likeness (QED) is 0.605. The Balaban J connectivity index is 1.64. The number of anilines is 2. The van der Waals surface area contributed by atoms with E-state index in [-0.39, 0.29) is 24.7 Å². The molecule has 168 valence electrons. The predicted molar refractivity (Wildman–Crippen MR) is 127 cm³/mol. The van der Waals surface area contributed by atoms with Crippen molar-refractivity contribution in [2.24, 2.45) is 11.8 Å². The monoisotopic (exact) mass is 424 g/mol. The van der Waals surface area contributed by atoms with Crippen LogP contribution in [0, 0.1) is 18.8 Å². The van der Waals surface area contributed by atoms with Gasteiger partial charge in [0.05, 0.1) is 5.52 Å². The zero-order valence-electron chi connectivity index (χ0n) is 19.3. The lowest BCUT2D eigenvalue weighted by atomic mass is 9.92. The van der Waals surface area contributed by atoms with Gasteiger partial charge in [-0.1, -0.05) is 27.2 Å². The second kappa shape index (κ2) is 10.6. The average molecular weight is 425 g/mol. The van der Waals surface area contributed by atoms with Gasteiger partial charge >= 0.3 is 0 Å². The Kier molecular flexibility index (Phi) is 7.88. The van der Waals surface area contributed by atoms with Crippen LogP contribution in [-0.2, 0) is 9.59 Å². The fourth-order valence-electron chi connectivity index (χ4n) is 4.41. The van der Waals surface area contributed by atoms with Crippen molar-refractivity contribution in [3.8, 4) is 0 Å². The van der Waals surface area contributed by atoms with Gasteiger partial charge in [0.2, 0.25) is 11.8 Å². The first-order valence-electron chi connectivity index (χ1n) is 11.6. The smallest absolute Gasteiger partial charge is 0.224 e. The van der Waals surface area contributed by atoms with E-state index in [0.29, 0.717) is 18.4 Å². The van der Waals surface area contributed by atoms with Crippen LogP contribution in [0.15, 0.2) is 24.3 Å². The molecule has 0 bridgehead atoms. The highest BCUT2D eigenvalue weighted by molar-refractivity contribution is 5.96. The van der Waals surface area contributed by atoms with Crippen molar-refractivity contribution in [2.75, 3.05) is 29.9 Å². The molecule has 1 saturated heterocycles. The Morgan fingerprint density at radius 3 is 2.52 bits per heavy atom. The molecule has 2 heterocycles. The number of aromatic nitrogens is 1. The van der Waals surface area contributed by atoms with Gasteiger partial charge in [0, 0.05) is 43.5 Å². The minimum absolute atomic E-state index is 0.0731. The zero-order valence-corrected chi connectivity index (χ0v) is 19.3. The lowest BCUT2D eigenvalue weighted by Gasteiger charge is -2.36. The van der Waals surface area contributed by atoms with Gasteiger partial charge in [-0.05, 0) is 61.4 Å². The fraction of sp³-hybridized carbons (Fsp3) is 0.560. The van der Waals surface area contributed by atoms with E-state index >= 15 is 0 Å². The average Bonchev–Trinajstić information content (AvgIpc) is 2.72. The molecule has 6 nitrogen and oxygen atoms in total. The summed E-state index contributed by atoms with van der Waals surface area (Å²) in [6.07, 6.45) is 3.65. The standard InChI is InChI=1S/C25H36N4O2/c1-5-6-11-26-24(30)9-10-25(31)27-20-7-8-22-21(14-20)19(4)13-23(28-22)29-15-17(2)12-18(3)16-29/h7-8,13-14,17-18H,5-6,9-12,15-16H2,1-4H3,(H,26,30)(H,27,31)/t17-,18-/m1/s1. The molecule has 0 radical (unpaired) electrons. The van der Waals surface area contributed by atoms with Crippen LogP contribution in [0.2, 0.25) is 0 Å². The molecule has 3 rings (SSSR count). The third kappa shape index (κ3) is 6.42. The molecule has 0 unspecified atom stereocenters. The zero-order chi connectivity index (χ0) is 22.4. The van der Waals surface area contributed by atoms with Gasteiger partial charge in [-0.15, -0.1) is 0 Å². The van der Waals surface area contributed by atoms with Crippen LogP contribution in [0.5, 0.6) is 0 Å². The van der Waals surface area contributed by atoms with E-state index in [4.69, 9.17) is 4.98 Å². The topological polar surface area (TPSA) is 74.3 Å². The number of carbonyl (C=O) groups excluding carboxylic acids is 2. The molecule has 1 aromatic carbocycles. The summed E-state index contributed by atoms with van der Waals surface area (Å²) in [5.41, 5.74) is 2.83. The van der Waals surface area contributed by atoms with Crippen molar-refractivity contribution in [3.63, 3.8) is 0 Å². The van der Waals surface area contributed by atoms with Crippen LogP contribution in [0.4, 0.5) is 11.5 Å². The number of piperidine rings is 1. The number of hydrogen-bond donors (Lipinski definition) is 2. The van der Waals surface area contributed by atoms with Gasteiger partial charge in [0.15, 0.2) is 0 Å². The Morgan fingerprint density at radius 2 is 1.81 bits per heavy atom. The number of aryl methyl sites for hydroxylation is 1. The van der Waals surface area contributed by atoms with Crippen molar-refractivity contribution in [2.45, 2.75) is 59.8 Å². The first-order chi connectivity index (χ1) is 14.9. The Labute approximate surface area is 185 Å². The van der Waals surface area contributed by atoms with Crippen molar-refractivity contribution in [1.29, 1.82) is 0 Å². The number of nitrogens with zero attached hydrogens (tertiary/aromatic N) is 2. The molecule has 1 aliphatic heterocycles. The maximum Gasteiger partial charge on any atom is 0.224 e. The molecule has 6 heteroatoms. The molecule has 2 N–H and O–H groups in total. The van der Waals surface area contributed by atoms with Crippen molar-refractivity contribution in [3.05, 3.63) is 29.8 Å². The van der Waals surface area contributed by atoms with E-state index in [2.05, 4.69) is 49.3 Å². The Morgan fingerprint density at radius 1 is 1.10 bits per heavy atom. The third-order valence-electron chi connectivity index (χ3n) is 5.91. The number of rotatable bonds is 8.